The number of fused-ring (bicyclic) bond motifs is 4. The van der Waals surface area contributed by atoms with E-state index in [1.807, 2.05) is 0 Å². The van der Waals surface area contributed by atoms with E-state index in [4.69, 9.17) is 17.3 Å². The average Bonchev–Trinajstić information content (AvgIpc) is 3.31. The van der Waals surface area contributed by atoms with Crippen molar-refractivity contribution in [1.82, 2.24) is 9.80 Å². The quantitative estimate of drug-likeness (QED) is 0.348. The van der Waals surface area contributed by atoms with Crippen LogP contribution in [0.15, 0.2) is 22.7 Å². The number of hydrogen-bond donors (Lipinski definition) is 5. The number of likely N-dealkylation sites (N-methyl/N-ethyl adjacent to an activating group) is 1. The number of benzene rings is 1. The Morgan fingerprint density at radius 1 is 1.15 bits per heavy atom. The van der Waals surface area contributed by atoms with Gasteiger partial charge in [0.2, 0.25) is 5.78 Å². The zero-order valence-corrected chi connectivity index (χ0v) is 23.4. The number of allylic oxidation sites excluding steroid dienone is 1. The number of carbonyl (C=O) groups is 3. The van der Waals surface area contributed by atoms with Crippen molar-refractivity contribution >= 4 is 29.1 Å². The van der Waals surface area contributed by atoms with Crippen molar-refractivity contribution < 1.29 is 34.8 Å². The summed E-state index contributed by atoms with van der Waals surface area (Å²) in [5, 5.41) is 45.8. The van der Waals surface area contributed by atoms with Gasteiger partial charge in [0, 0.05) is 40.7 Å². The van der Waals surface area contributed by atoms with Crippen LogP contribution in [0.4, 0.5) is 0 Å². The number of phenols is 1. The minimum atomic E-state index is -2.66. The van der Waals surface area contributed by atoms with Gasteiger partial charge in [-0.2, -0.15) is 0 Å². The second-order valence-electron chi connectivity index (χ2n) is 12.0. The molecular weight excluding hydrogens is 526 g/mol. The van der Waals surface area contributed by atoms with Gasteiger partial charge in [0.15, 0.2) is 11.4 Å². The largest absolute Gasteiger partial charge is 0.510 e. The van der Waals surface area contributed by atoms with E-state index in [2.05, 4.69) is 25.7 Å². The lowest BCUT2D eigenvalue weighted by molar-refractivity contribution is -0.148. The van der Waals surface area contributed by atoms with E-state index in [0.717, 1.165) is 12.0 Å². The second-order valence-corrected chi connectivity index (χ2v) is 12.3. The zero-order chi connectivity index (χ0) is 28.9. The first-order valence-corrected chi connectivity index (χ1v) is 13.4. The predicted octanol–water partition coefficient (Wildman–Crippen LogP) is 2.28. The van der Waals surface area contributed by atoms with Crippen molar-refractivity contribution in [3.8, 4) is 5.75 Å². The van der Waals surface area contributed by atoms with E-state index in [1.165, 1.54) is 4.90 Å². The first-order valence-electron chi connectivity index (χ1n) is 13.0. The number of carbonyl (C=O) groups excluding carboxylic acids is 3. The molecule has 0 saturated heterocycles. The van der Waals surface area contributed by atoms with Crippen LogP contribution in [0, 0.1) is 11.8 Å². The third-order valence-electron chi connectivity index (χ3n) is 9.45. The molecule has 210 valence electrons. The summed E-state index contributed by atoms with van der Waals surface area (Å²) in [6.45, 7) is 7.16. The molecule has 0 bridgehead atoms. The molecule has 1 aromatic rings. The van der Waals surface area contributed by atoms with Gasteiger partial charge < -0.3 is 26.2 Å². The molecule has 1 heterocycles. The highest BCUT2D eigenvalue weighted by Gasteiger charge is 2.63. The van der Waals surface area contributed by atoms with Crippen LogP contribution in [0.1, 0.15) is 60.7 Å². The number of halogens is 1. The number of rotatable bonds is 4. The van der Waals surface area contributed by atoms with Crippen LogP contribution in [-0.4, -0.2) is 79.0 Å². The Morgan fingerprint density at radius 2 is 1.77 bits per heavy atom. The summed E-state index contributed by atoms with van der Waals surface area (Å²) in [6, 6.07) is -1.04. The fourth-order valence-electron chi connectivity index (χ4n) is 6.87. The second kappa shape index (κ2) is 8.79. The van der Waals surface area contributed by atoms with E-state index in [0.29, 0.717) is 29.2 Å². The van der Waals surface area contributed by atoms with Gasteiger partial charge in [-0.05, 0) is 64.3 Å². The Bertz CT molecular complexity index is 1410. The topological polar surface area (TPSA) is 165 Å². The molecule has 1 aliphatic heterocycles. The van der Waals surface area contributed by atoms with E-state index >= 15 is 0 Å². The molecule has 11 heteroatoms. The Morgan fingerprint density at radius 3 is 2.33 bits per heavy atom. The number of aliphatic hydroxyl groups excluding tert-OH is 2. The maximum atomic E-state index is 14.0. The normalized spacial score (nSPS) is 29.0. The van der Waals surface area contributed by atoms with Gasteiger partial charge in [-0.1, -0.05) is 18.5 Å². The molecule has 6 N–H and O–H groups in total. The van der Waals surface area contributed by atoms with Gasteiger partial charge in [0.1, 0.15) is 22.8 Å². The fraction of sp³-hybridized carbons (Fsp3) is 0.536. The Labute approximate surface area is 231 Å². The fourth-order valence-corrected chi connectivity index (χ4v) is 7.22. The Kier molecular flexibility index (Phi) is 6.23. The number of primary amides is 1. The molecular formula is C28H34ClN3O7. The highest BCUT2D eigenvalue weighted by atomic mass is 35.5. The summed E-state index contributed by atoms with van der Waals surface area (Å²) in [7, 11) is 3.18. The summed E-state index contributed by atoms with van der Waals surface area (Å²) in [4.78, 5) is 43.2. The zero-order valence-electron chi connectivity index (χ0n) is 22.6. The maximum Gasteiger partial charge on any atom is 0.255 e. The number of phenolic OH excluding ortho intramolecular Hbond substituents is 1. The molecule has 39 heavy (non-hydrogen) atoms. The van der Waals surface area contributed by atoms with Crippen LogP contribution in [0.2, 0.25) is 5.02 Å². The number of aliphatic hydroxyl groups is 3. The first kappa shape index (κ1) is 27.6. The summed E-state index contributed by atoms with van der Waals surface area (Å²) < 4.78 is 0. The molecule has 0 fully saturated rings. The van der Waals surface area contributed by atoms with Crippen LogP contribution >= 0.6 is 11.6 Å². The molecule has 0 saturated carbocycles. The van der Waals surface area contributed by atoms with E-state index in [1.54, 1.807) is 14.1 Å². The summed E-state index contributed by atoms with van der Waals surface area (Å²) >= 11 is 6.90. The molecule has 0 radical (unpaired) electrons. The molecule has 1 unspecified atom stereocenters. The lowest BCUT2D eigenvalue weighted by Gasteiger charge is -2.50. The van der Waals surface area contributed by atoms with Gasteiger partial charge in [0.25, 0.3) is 5.91 Å². The standard InChI is InChI=1S/C28H34ClN3O7/c1-6-27(2,3)32-9-13-14(10-32)21(33)17-12(19(13)29)7-11-8-15-20(31(4)5)23(35)18(26(30)38)25(37)28(15,39)24(36)16(11)22(17)34/h11,15,20,33,35-36,39H,6-10H2,1-5H3,(H2,30,38)/t11?,15-,20-,28-/m0/s1. The van der Waals surface area contributed by atoms with Crippen molar-refractivity contribution in [2.24, 2.45) is 17.6 Å². The van der Waals surface area contributed by atoms with Crippen molar-refractivity contribution in [3.63, 3.8) is 0 Å². The van der Waals surface area contributed by atoms with Gasteiger partial charge in [0.05, 0.1) is 11.6 Å². The number of aromatic hydroxyl groups is 1. The van der Waals surface area contributed by atoms with Crippen molar-refractivity contribution in [3.05, 3.63) is 49.9 Å². The maximum absolute atomic E-state index is 14.0. The van der Waals surface area contributed by atoms with E-state index < -0.39 is 58.0 Å². The van der Waals surface area contributed by atoms with Crippen molar-refractivity contribution in [2.75, 3.05) is 14.1 Å². The first-order chi connectivity index (χ1) is 18.1. The van der Waals surface area contributed by atoms with Crippen LogP contribution < -0.4 is 5.73 Å². The molecule has 10 nitrogen and oxygen atoms in total. The summed E-state index contributed by atoms with van der Waals surface area (Å²) in [6.07, 6.45) is 1.05. The molecule has 1 amide bonds. The van der Waals surface area contributed by atoms with Gasteiger partial charge >= 0.3 is 0 Å². The van der Waals surface area contributed by atoms with Gasteiger partial charge in [-0.25, -0.2) is 0 Å². The highest BCUT2D eigenvalue weighted by Crippen LogP contribution is 2.54. The van der Waals surface area contributed by atoms with E-state index in [9.17, 15) is 34.8 Å². The molecule has 4 atom stereocenters. The van der Waals surface area contributed by atoms with Crippen LogP contribution in [-0.2, 0) is 29.1 Å². The molecule has 3 aliphatic carbocycles. The smallest absolute Gasteiger partial charge is 0.255 e. The average molecular weight is 560 g/mol. The molecule has 0 spiro atoms. The third kappa shape index (κ3) is 3.54. The SMILES string of the molecule is CCC(C)(C)N1Cc2c(O)c3c(c(Cl)c2C1)CC1C[C@H]2[C@H](N(C)C)C(O)=C(C(N)=O)C(=O)[C@@]2(O)C(O)=C1C3=O. The number of nitrogens with two attached hydrogens (primary N) is 1. The number of hydrogen-bond acceptors (Lipinski definition) is 9. The van der Waals surface area contributed by atoms with Gasteiger partial charge in [-0.3, -0.25) is 24.2 Å². The van der Waals surface area contributed by atoms with E-state index in [-0.39, 0.29) is 35.3 Å². The monoisotopic (exact) mass is 559 g/mol. The Balaban J connectivity index is 1.68. The summed E-state index contributed by atoms with van der Waals surface area (Å²) in [5.41, 5.74) is 3.24. The highest BCUT2D eigenvalue weighted by molar-refractivity contribution is 6.33. The van der Waals surface area contributed by atoms with Crippen molar-refractivity contribution in [1.29, 1.82) is 0 Å². The summed E-state index contributed by atoms with van der Waals surface area (Å²) in [5.74, 6) is -6.67. The van der Waals surface area contributed by atoms with Crippen LogP contribution in [0.25, 0.3) is 0 Å². The molecule has 4 aliphatic rings. The van der Waals surface area contributed by atoms with Crippen LogP contribution in [0.5, 0.6) is 5.75 Å². The van der Waals surface area contributed by atoms with Crippen molar-refractivity contribution in [2.45, 2.75) is 70.3 Å². The predicted molar refractivity (Wildman–Crippen MR) is 142 cm³/mol. The van der Waals surface area contributed by atoms with Crippen LogP contribution in [0.3, 0.4) is 0 Å². The lowest BCUT2D eigenvalue weighted by atomic mass is 9.58. The Hall–Kier alpha value is -2.92. The number of Topliss-reactive ketones (excluding diaryl/α,β-unsaturated/α-hetero) is 2. The number of ketones is 2. The third-order valence-corrected chi connectivity index (χ3v) is 9.91. The number of nitrogens with zero attached hydrogens (tertiary/aromatic N) is 2. The molecule has 0 aromatic heterocycles. The minimum absolute atomic E-state index is 0.0227. The lowest BCUT2D eigenvalue weighted by Crippen LogP contribution is -2.63. The minimum Gasteiger partial charge on any atom is -0.510 e. The molecule has 5 rings (SSSR count). The number of amides is 1. The molecule has 1 aromatic carbocycles. The van der Waals surface area contributed by atoms with Gasteiger partial charge in [-0.15, -0.1) is 0 Å².